The van der Waals surface area contributed by atoms with E-state index in [2.05, 4.69) is 0 Å². The Morgan fingerprint density at radius 1 is 0.706 bits per heavy atom. The molecule has 3 aromatic carbocycles. The summed E-state index contributed by atoms with van der Waals surface area (Å²) < 4.78 is 24.0. The third kappa shape index (κ3) is 4.78. The van der Waals surface area contributed by atoms with Gasteiger partial charge in [-0.3, -0.25) is 0 Å². The quantitative estimate of drug-likeness (QED) is 0.408. The maximum Gasteiger partial charge on any atom is 0.338 e. The fraction of sp³-hybridized carbons (Fsp3) is 0.214. The second-order valence-electron chi connectivity index (χ2n) is 8.20. The number of esters is 2. The maximum absolute atomic E-state index is 13.0. The van der Waals surface area contributed by atoms with Gasteiger partial charge in [-0.25, -0.2) is 9.59 Å². The number of ether oxygens (including phenoxy) is 4. The molecule has 0 aromatic heterocycles. The standard InChI is InChI=1S/C28H24O6/c29-26(19-10-4-1-5-11-19)32-23-17-16-22-18-31-28(21-14-8-3-9-15-21)34-24(22)25(23)33-27(30)20-12-6-2-7-13-20/h1-17,22-25,28H,18H2/t22-,23+,24-,25-,28-/m1/s1. The molecule has 0 unspecified atom stereocenters. The lowest BCUT2D eigenvalue weighted by molar-refractivity contribution is -0.262. The van der Waals surface area contributed by atoms with Crippen molar-refractivity contribution in [3.63, 3.8) is 0 Å². The SMILES string of the molecule is O=C(O[C@H]1[C@@H]2O[C@H](c3ccccc3)OC[C@H]2C=C[C@@H]1OC(=O)c1ccccc1)c1ccccc1. The van der Waals surface area contributed by atoms with E-state index in [1.165, 1.54) is 0 Å². The van der Waals surface area contributed by atoms with Gasteiger partial charge in [0, 0.05) is 11.5 Å². The Labute approximate surface area is 197 Å². The fourth-order valence-electron chi connectivity index (χ4n) is 4.17. The van der Waals surface area contributed by atoms with Crippen molar-refractivity contribution in [1.29, 1.82) is 0 Å². The van der Waals surface area contributed by atoms with Gasteiger partial charge in [0.2, 0.25) is 0 Å². The Balaban J connectivity index is 1.41. The third-order valence-electron chi connectivity index (χ3n) is 5.92. The first-order valence-corrected chi connectivity index (χ1v) is 11.2. The van der Waals surface area contributed by atoms with Gasteiger partial charge in [-0.15, -0.1) is 0 Å². The molecule has 5 rings (SSSR count). The molecule has 2 aliphatic rings. The zero-order chi connectivity index (χ0) is 23.3. The highest BCUT2D eigenvalue weighted by Gasteiger charge is 2.46. The van der Waals surface area contributed by atoms with E-state index in [9.17, 15) is 9.59 Å². The Hall–Kier alpha value is -3.74. The molecule has 6 heteroatoms. The van der Waals surface area contributed by atoms with E-state index in [1.54, 1.807) is 54.6 Å². The number of benzene rings is 3. The van der Waals surface area contributed by atoms with E-state index >= 15 is 0 Å². The lowest BCUT2D eigenvalue weighted by atomic mass is 9.87. The summed E-state index contributed by atoms with van der Waals surface area (Å²) in [6.07, 6.45) is 0.839. The first-order chi connectivity index (χ1) is 16.7. The highest BCUT2D eigenvalue weighted by atomic mass is 16.7. The largest absolute Gasteiger partial charge is 0.452 e. The van der Waals surface area contributed by atoms with Crippen LogP contribution in [0.2, 0.25) is 0 Å². The third-order valence-corrected chi connectivity index (χ3v) is 5.92. The van der Waals surface area contributed by atoms with Gasteiger partial charge in [-0.2, -0.15) is 0 Å². The van der Waals surface area contributed by atoms with Gasteiger partial charge in [0.05, 0.1) is 17.7 Å². The topological polar surface area (TPSA) is 71.1 Å². The molecule has 1 saturated heterocycles. The first kappa shape index (κ1) is 22.1. The second-order valence-corrected chi connectivity index (χ2v) is 8.20. The molecule has 0 N–H and O–H groups in total. The summed E-state index contributed by atoms with van der Waals surface area (Å²) in [5, 5.41) is 0. The number of rotatable bonds is 5. The zero-order valence-electron chi connectivity index (χ0n) is 18.4. The molecular weight excluding hydrogens is 432 g/mol. The molecule has 1 aliphatic heterocycles. The van der Waals surface area contributed by atoms with Crippen LogP contribution in [0.15, 0.2) is 103 Å². The Morgan fingerprint density at radius 3 is 1.88 bits per heavy atom. The van der Waals surface area contributed by atoms with Gasteiger partial charge >= 0.3 is 11.9 Å². The normalized spacial score (nSPS) is 25.7. The van der Waals surface area contributed by atoms with Crippen LogP contribution >= 0.6 is 0 Å². The zero-order valence-corrected chi connectivity index (χ0v) is 18.4. The van der Waals surface area contributed by atoms with Gasteiger partial charge in [-0.1, -0.05) is 72.8 Å². The van der Waals surface area contributed by atoms with Crippen molar-refractivity contribution in [1.82, 2.24) is 0 Å². The van der Waals surface area contributed by atoms with E-state index < -0.39 is 36.5 Å². The molecule has 1 fully saturated rings. The molecule has 0 amide bonds. The molecule has 1 heterocycles. The molecule has 1 aliphatic carbocycles. The molecular formula is C28H24O6. The van der Waals surface area contributed by atoms with Crippen molar-refractivity contribution in [3.8, 4) is 0 Å². The smallest absolute Gasteiger partial charge is 0.338 e. The molecule has 0 saturated carbocycles. The van der Waals surface area contributed by atoms with Crippen LogP contribution in [0.25, 0.3) is 0 Å². The van der Waals surface area contributed by atoms with E-state index in [0.717, 1.165) is 5.56 Å². The van der Waals surface area contributed by atoms with Crippen LogP contribution in [0.4, 0.5) is 0 Å². The predicted octanol–water partition coefficient (Wildman–Crippen LogP) is 4.74. The van der Waals surface area contributed by atoms with Crippen molar-refractivity contribution in [2.75, 3.05) is 6.61 Å². The van der Waals surface area contributed by atoms with E-state index in [0.29, 0.717) is 17.7 Å². The van der Waals surface area contributed by atoms with Crippen molar-refractivity contribution in [2.45, 2.75) is 24.6 Å². The van der Waals surface area contributed by atoms with Crippen LogP contribution in [0.1, 0.15) is 32.6 Å². The molecule has 3 aromatic rings. The first-order valence-electron chi connectivity index (χ1n) is 11.2. The molecule has 0 bridgehead atoms. The number of carbonyl (C=O) groups excluding carboxylic acids is 2. The lowest BCUT2D eigenvalue weighted by Crippen LogP contribution is -2.53. The van der Waals surface area contributed by atoms with Gasteiger partial charge in [0.1, 0.15) is 6.10 Å². The molecule has 34 heavy (non-hydrogen) atoms. The summed E-state index contributed by atoms with van der Waals surface area (Å²) in [4.78, 5) is 25.8. The van der Waals surface area contributed by atoms with Crippen molar-refractivity contribution >= 4 is 11.9 Å². The van der Waals surface area contributed by atoms with Crippen molar-refractivity contribution < 1.29 is 28.5 Å². The van der Waals surface area contributed by atoms with Crippen LogP contribution in [0.3, 0.4) is 0 Å². The van der Waals surface area contributed by atoms with Crippen LogP contribution < -0.4 is 0 Å². The van der Waals surface area contributed by atoms with Crippen LogP contribution in [-0.4, -0.2) is 36.9 Å². The van der Waals surface area contributed by atoms with Crippen molar-refractivity contribution in [3.05, 3.63) is 120 Å². The Bertz CT molecular complexity index is 1150. The number of hydrogen-bond donors (Lipinski definition) is 0. The van der Waals surface area contributed by atoms with Gasteiger partial charge in [0.15, 0.2) is 18.5 Å². The highest BCUT2D eigenvalue weighted by Crippen LogP contribution is 2.37. The van der Waals surface area contributed by atoms with Crippen LogP contribution in [0.5, 0.6) is 0 Å². The second kappa shape index (κ2) is 10.0. The number of hydrogen-bond acceptors (Lipinski definition) is 6. The van der Waals surface area contributed by atoms with Crippen LogP contribution in [-0.2, 0) is 18.9 Å². The molecule has 172 valence electrons. The molecule has 6 nitrogen and oxygen atoms in total. The minimum atomic E-state index is -0.842. The van der Waals surface area contributed by atoms with Crippen molar-refractivity contribution in [2.24, 2.45) is 5.92 Å². The Morgan fingerprint density at radius 2 is 1.26 bits per heavy atom. The van der Waals surface area contributed by atoms with E-state index in [1.807, 2.05) is 48.5 Å². The summed E-state index contributed by atoms with van der Waals surface area (Å²) in [5.41, 5.74) is 1.69. The molecule has 5 atom stereocenters. The van der Waals surface area contributed by atoms with E-state index in [-0.39, 0.29) is 5.92 Å². The van der Waals surface area contributed by atoms with Gasteiger partial charge in [-0.05, 0) is 30.3 Å². The summed E-state index contributed by atoms with van der Waals surface area (Å²) >= 11 is 0. The lowest BCUT2D eigenvalue weighted by Gasteiger charge is -2.43. The molecule has 0 radical (unpaired) electrons. The van der Waals surface area contributed by atoms with Gasteiger partial charge < -0.3 is 18.9 Å². The summed E-state index contributed by atoms with van der Waals surface area (Å²) in [5.74, 6) is -1.16. The highest BCUT2D eigenvalue weighted by molar-refractivity contribution is 5.90. The average molecular weight is 456 g/mol. The Kier molecular flexibility index (Phi) is 6.51. The number of fused-ring (bicyclic) bond motifs is 1. The number of carbonyl (C=O) groups is 2. The fourth-order valence-corrected chi connectivity index (χ4v) is 4.17. The minimum Gasteiger partial charge on any atom is -0.452 e. The predicted molar refractivity (Wildman–Crippen MR) is 124 cm³/mol. The monoisotopic (exact) mass is 456 g/mol. The van der Waals surface area contributed by atoms with E-state index in [4.69, 9.17) is 18.9 Å². The summed E-state index contributed by atoms with van der Waals surface area (Å²) in [6, 6.07) is 27.0. The summed E-state index contributed by atoms with van der Waals surface area (Å²) in [6.45, 7) is 0.388. The maximum atomic E-state index is 13.0. The van der Waals surface area contributed by atoms with Crippen LogP contribution in [0, 0.1) is 5.92 Å². The molecule has 0 spiro atoms. The van der Waals surface area contributed by atoms with Gasteiger partial charge in [0.25, 0.3) is 0 Å². The summed E-state index contributed by atoms with van der Waals surface area (Å²) in [7, 11) is 0. The average Bonchev–Trinajstić information content (AvgIpc) is 2.91. The minimum absolute atomic E-state index is 0.153.